The van der Waals surface area contributed by atoms with Gasteiger partial charge in [-0.1, -0.05) is 82.3 Å². The summed E-state index contributed by atoms with van der Waals surface area (Å²) < 4.78 is 5.91. The molecule has 1 aliphatic rings. The third kappa shape index (κ3) is 4.64. The number of nitrogens with zero attached hydrogens (tertiary/aromatic N) is 3. The maximum atomic E-state index is 5.91. The molecular formula is C28H31N3O. The minimum Gasteiger partial charge on any atom is -0.474 e. The molecule has 0 fully saturated rings. The van der Waals surface area contributed by atoms with Gasteiger partial charge in [-0.15, -0.1) is 0 Å². The summed E-state index contributed by atoms with van der Waals surface area (Å²) in [6, 6.07) is 22.7. The van der Waals surface area contributed by atoms with Crippen LogP contribution in [-0.2, 0) is 4.74 Å². The van der Waals surface area contributed by atoms with Crippen LogP contribution in [0.25, 0.3) is 0 Å². The molecular weight excluding hydrogens is 394 g/mol. The summed E-state index contributed by atoms with van der Waals surface area (Å²) in [6.45, 7) is 11.4. The van der Waals surface area contributed by atoms with Gasteiger partial charge in [0.15, 0.2) is 0 Å². The number of rotatable bonds is 6. The van der Waals surface area contributed by atoms with Crippen LogP contribution in [0, 0.1) is 0 Å². The molecule has 1 atom stereocenters. The van der Waals surface area contributed by atoms with E-state index in [4.69, 9.17) is 19.7 Å². The normalized spacial score (nSPS) is 16.4. The van der Waals surface area contributed by atoms with Crippen LogP contribution in [0.5, 0.6) is 0 Å². The fourth-order valence-electron chi connectivity index (χ4n) is 3.98. The van der Waals surface area contributed by atoms with Crippen molar-refractivity contribution in [3.63, 3.8) is 0 Å². The number of aromatic nitrogens is 1. The Morgan fingerprint density at radius 2 is 1.53 bits per heavy atom. The van der Waals surface area contributed by atoms with E-state index in [9.17, 15) is 0 Å². The maximum Gasteiger partial charge on any atom is 0.236 e. The highest BCUT2D eigenvalue weighted by atomic mass is 16.5. The molecule has 1 unspecified atom stereocenters. The van der Waals surface area contributed by atoms with Crippen molar-refractivity contribution in [1.29, 1.82) is 0 Å². The average molecular weight is 426 g/mol. The second kappa shape index (κ2) is 9.47. The van der Waals surface area contributed by atoms with E-state index in [0.29, 0.717) is 24.3 Å². The van der Waals surface area contributed by atoms with Crippen LogP contribution in [0.15, 0.2) is 76.7 Å². The van der Waals surface area contributed by atoms with Gasteiger partial charge >= 0.3 is 0 Å². The van der Waals surface area contributed by atoms with Crippen molar-refractivity contribution >= 4 is 17.3 Å². The van der Waals surface area contributed by atoms with E-state index in [2.05, 4.69) is 58.0 Å². The van der Waals surface area contributed by atoms with E-state index in [-0.39, 0.29) is 6.04 Å². The van der Waals surface area contributed by atoms with Crippen molar-refractivity contribution in [2.24, 2.45) is 9.98 Å². The summed E-state index contributed by atoms with van der Waals surface area (Å²) in [4.78, 5) is 14.7. The fraction of sp³-hybridized carbons (Fsp3) is 0.321. The summed E-state index contributed by atoms with van der Waals surface area (Å²) in [5.74, 6) is 1.39. The number of ether oxygens (including phenoxy) is 1. The summed E-state index contributed by atoms with van der Waals surface area (Å²) in [5, 5.41) is 0. The maximum absolute atomic E-state index is 5.91. The van der Waals surface area contributed by atoms with Gasteiger partial charge in [0.1, 0.15) is 18.3 Å². The molecule has 0 amide bonds. The summed E-state index contributed by atoms with van der Waals surface area (Å²) in [6.07, 6.45) is 0. The Bertz CT molecular complexity index is 1120. The second-order valence-electron chi connectivity index (χ2n) is 8.87. The third-order valence-electron chi connectivity index (χ3n) is 5.80. The van der Waals surface area contributed by atoms with Crippen molar-refractivity contribution in [2.75, 3.05) is 6.61 Å². The predicted molar refractivity (Wildman–Crippen MR) is 132 cm³/mol. The SMILES string of the molecule is CC(=Nc1c(C(C)C)cccc1C(C)C)c1cccc(C2=NC(c3ccccc3)CO2)n1. The Balaban J connectivity index is 1.67. The monoisotopic (exact) mass is 425 g/mol. The number of benzene rings is 2. The van der Waals surface area contributed by atoms with Crippen LogP contribution in [0.2, 0.25) is 0 Å². The lowest BCUT2D eigenvalue weighted by Gasteiger charge is -2.17. The predicted octanol–water partition coefficient (Wildman–Crippen LogP) is 6.99. The highest BCUT2D eigenvalue weighted by molar-refractivity contribution is 6.00. The van der Waals surface area contributed by atoms with E-state index in [0.717, 1.165) is 28.4 Å². The molecule has 3 aromatic rings. The van der Waals surface area contributed by atoms with E-state index >= 15 is 0 Å². The van der Waals surface area contributed by atoms with Crippen LogP contribution in [-0.4, -0.2) is 23.2 Å². The molecule has 4 heteroatoms. The largest absolute Gasteiger partial charge is 0.474 e. The Morgan fingerprint density at radius 1 is 0.875 bits per heavy atom. The lowest BCUT2D eigenvalue weighted by atomic mass is 9.93. The smallest absolute Gasteiger partial charge is 0.236 e. The van der Waals surface area contributed by atoms with Crippen LogP contribution in [0.3, 0.4) is 0 Å². The van der Waals surface area contributed by atoms with Gasteiger partial charge in [0, 0.05) is 0 Å². The molecule has 1 aromatic heterocycles. The quantitative estimate of drug-likeness (QED) is 0.400. The average Bonchev–Trinajstić information content (AvgIpc) is 3.30. The zero-order valence-electron chi connectivity index (χ0n) is 19.5. The number of hydrogen-bond donors (Lipinski definition) is 0. The molecule has 164 valence electrons. The molecule has 0 aliphatic carbocycles. The van der Waals surface area contributed by atoms with Gasteiger partial charge in [0.2, 0.25) is 5.90 Å². The van der Waals surface area contributed by atoms with Gasteiger partial charge < -0.3 is 4.74 Å². The van der Waals surface area contributed by atoms with Crippen molar-refractivity contribution in [2.45, 2.75) is 52.5 Å². The van der Waals surface area contributed by atoms with E-state index in [1.54, 1.807) is 0 Å². The van der Waals surface area contributed by atoms with E-state index < -0.39 is 0 Å². The number of hydrogen-bond acceptors (Lipinski definition) is 4. The minimum atomic E-state index is 0.0120. The van der Waals surface area contributed by atoms with Gasteiger partial charge in [-0.3, -0.25) is 4.99 Å². The molecule has 4 rings (SSSR count). The Hall–Kier alpha value is -3.27. The van der Waals surface area contributed by atoms with Crippen LogP contribution < -0.4 is 0 Å². The summed E-state index contributed by atoms with van der Waals surface area (Å²) in [5.41, 5.74) is 7.23. The molecule has 2 aromatic carbocycles. The first-order chi connectivity index (χ1) is 15.4. The lowest BCUT2D eigenvalue weighted by Crippen LogP contribution is -2.08. The van der Waals surface area contributed by atoms with Crippen LogP contribution in [0.4, 0.5) is 5.69 Å². The third-order valence-corrected chi connectivity index (χ3v) is 5.80. The topological polar surface area (TPSA) is 46.8 Å². The second-order valence-corrected chi connectivity index (χ2v) is 8.87. The first-order valence-electron chi connectivity index (χ1n) is 11.4. The molecule has 0 saturated carbocycles. The summed E-state index contributed by atoms with van der Waals surface area (Å²) >= 11 is 0. The molecule has 0 saturated heterocycles. The first-order valence-corrected chi connectivity index (χ1v) is 11.4. The highest BCUT2D eigenvalue weighted by Gasteiger charge is 2.23. The molecule has 0 spiro atoms. The van der Waals surface area contributed by atoms with Crippen molar-refractivity contribution in [3.8, 4) is 0 Å². The fourth-order valence-corrected chi connectivity index (χ4v) is 3.98. The van der Waals surface area contributed by atoms with Crippen molar-refractivity contribution < 1.29 is 4.74 Å². The molecule has 4 nitrogen and oxygen atoms in total. The van der Waals surface area contributed by atoms with Gasteiger partial charge in [0.05, 0.1) is 17.1 Å². The Labute approximate surface area is 191 Å². The number of aliphatic imine (C=N–C) groups is 2. The van der Waals surface area contributed by atoms with Gasteiger partial charge in [-0.2, -0.15) is 0 Å². The zero-order valence-corrected chi connectivity index (χ0v) is 19.5. The van der Waals surface area contributed by atoms with Gasteiger partial charge in [0.25, 0.3) is 0 Å². The Morgan fingerprint density at radius 3 is 2.19 bits per heavy atom. The van der Waals surface area contributed by atoms with Crippen LogP contribution in [0.1, 0.15) is 80.6 Å². The molecule has 32 heavy (non-hydrogen) atoms. The van der Waals surface area contributed by atoms with E-state index in [1.807, 2.05) is 43.3 Å². The van der Waals surface area contributed by atoms with Crippen molar-refractivity contribution in [1.82, 2.24) is 4.98 Å². The lowest BCUT2D eigenvalue weighted by molar-refractivity contribution is 0.319. The number of pyridine rings is 1. The van der Waals surface area contributed by atoms with E-state index in [1.165, 1.54) is 11.1 Å². The summed E-state index contributed by atoms with van der Waals surface area (Å²) in [7, 11) is 0. The molecule has 2 heterocycles. The van der Waals surface area contributed by atoms with Gasteiger partial charge in [-0.05, 0) is 47.6 Å². The first kappa shape index (κ1) is 21.9. The molecule has 1 aliphatic heterocycles. The molecule has 0 N–H and O–H groups in total. The van der Waals surface area contributed by atoms with Crippen molar-refractivity contribution in [3.05, 3.63) is 94.8 Å². The number of para-hydroxylation sites is 1. The molecule has 0 radical (unpaired) electrons. The zero-order chi connectivity index (χ0) is 22.7. The minimum absolute atomic E-state index is 0.0120. The Kier molecular flexibility index (Phi) is 6.50. The standard InChI is InChI=1S/C28H31N3O/c1-18(2)22-13-9-14-23(19(3)4)27(22)29-20(5)24-15-10-16-25(30-24)28-31-26(17-32-28)21-11-7-6-8-12-21/h6-16,18-19,26H,17H2,1-5H3. The van der Waals surface area contributed by atoms with Crippen LogP contribution >= 0.6 is 0 Å². The highest BCUT2D eigenvalue weighted by Crippen LogP contribution is 2.35. The molecule has 0 bridgehead atoms. The van der Waals surface area contributed by atoms with Gasteiger partial charge in [-0.25, -0.2) is 9.98 Å².